The molecule has 0 atom stereocenters. The summed E-state index contributed by atoms with van der Waals surface area (Å²) >= 11 is 1.70. The van der Waals surface area contributed by atoms with Crippen LogP contribution in [-0.2, 0) is 22.9 Å². The van der Waals surface area contributed by atoms with Crippen LogP contribution < -0.4 is 4.74 Å². The van der Waals surface area contributed by atoms with Gasteiger partial charge in [0.2, 0.25) is 10.0 Å². The Bertz CT molecular complexity index is 826. The Morgan fingerprint density at radius 1 is 1.28 bits per heavy atom. The molecule has 3 heterocycles. The highest BCUT2D eigenvalue weighted by Gasteiger charge is 2.30. The molecule has 1 aromatic heterocycles. The van der Waals surface area contributed by atoms with Crippen molar-refractivity contribution in [2.45, 2.75) is 37.0 Å². The molecule has 0 saturated carbocycles. The van der Waals surface area contributed by atoms with Crippen LogP contribution in [0.15, 0.2) is 34.7 Å². The van der Waals surface area contributed by atoms with Crippen molar-refractivity contribution in [1.82, 2.24) is 9.29 Å². The standard InChI is InChI=1S/C18H22N2O3S2/c21-25(22,16-2-3-17-15(13-16)7-11-23-17)20-9-5-14(6-10-20)1-4-18-19-8-12-24-18/h2-3,8,12-14H,1,4-7,9-11H2. The Kier molecular flexibility index (Phi) is 4.80. The van der Waals surface area contributed by atoms with E-state index in [-0.39, 0.29) is 0 Å². The zero-order valence-electron chi connectivity index (χ0n) is 14.1. The van der Waals surface area contributed by atoms with E-state index in [2.05, 4.69) is 4.98 Å². The van der Waals surface area contributed by atoms with Gasteiger partial charge in [-0.25, -0.2) is 13.4 Å². The molecular weight excluding hydrogens is 356 g/mol. The second kappa shape index (κ2) is 7.05. The molecule has 1 fully saturated rings. The second-order valence-electron chi connectivity index (χ2n) is 6.68. The van der Waals surface area contributed by atoms with Crippen LogP contribution in [0, 0.1) is 5.92 Å². The second-order valence-corrected chi connectivity index (χ2v) is 9.60. The third-order valence-electron chi connectivity index (χ3n) is 5.12. The van der Waals surface area contributed by atoms with Gasteiger partial charge < -0.3 is 4.74 Å². The Morgan fingerprint density at radius 2 is 2.12 bits per heavy atom. The quantitative estimate of drug-likeness (QED) is 0.802. The predicted octanol–water partition coefficient (Wildman–Crippen LogP) is 3.11. The number of hydrogen-bond acceptors (Lipinski definition) is 5. The van der Waals surface area contributed by atoms with Crippen molar-refractivity contribution >= 4 is 21.4 Å². The third-order valence-corrected chi connectivity index (χ3v) is 7.86. The summed E-state index contributed by atoms with van der Waals surface area (Å²) in [6, 6.07) is 5.25. The smallest absolute Gasteiger partial charge is 0.243 e. The summed E-state index contributed by atoms with van der Waals surface area (Å²) in [7, 11) is -3.40. The Labute approximate surface area is 152 Å². The first kappa shape index (κ1) is 17.0. The summed E-state index contributed by atoms with van der Waals surface area (Å²) in [6.45, 7) is 1.86. The van der Waals surface area contributed by atoms with Gasteiger partial charge in [-0.05, 0) is 55.4 Å². The number of piperidine rings is 1. The molecule has 25 heavy (non-hydrogen) atoms. The van der Waals surface area contributed by atoms with E-state index in [0.29, 0.717) is 30.5 Å². The van der Waals surface area contributed by atoms with E-state index in [0.717, 1.165) is 43.4 Å². The van der Waals surface area contributed by atoms with Crippen LogP contribution in [0.2, 0.25) is 0 Å². The van der Waals surface area contributed by atoms with E-state index in [4.69, 9.17) is 4.74 Å². The predicted molar refractivity (Wildman–Crippen MR) is 97.6 cm³/mol. The van der Waals surface area contributed by atoms with Gasteiger partial charge in [-0.3, -0.25) is 0 Å². The maximum atomic E-state index is 12.9. The molecule has 4 rings (SSSR count). The molecule has 2 aromatic rings. The molecule has 1 aromatic carbocycles. The number of ether oxygens (including phenoxy) is 1. The van der Waals surface area contributed by atoms with Crippen LogP contribution in [0.4, 0.5) is 0 Å². The monoisotopic (exact) mass is 378 g/mol. The lowest BCUT2D eigenvalue weighted by atomic mass is 9.93. The van der Waals surface area contributed by atoms with Gasteiger partial charge in [0.1, 0.15) is 5.75 Å². The topological polar surface area (TPSA) is 59.5 Å². The zero-order chi connectivity index (χ0) is 17.3. The van der Waals surface area contributed by atoms with Crippen molar-refractivity contribution in [3.8, 4) is 5.75 Å². The van der Waals surface area contributed by atoms with Gasteiger partial charge >= 0.3 is 0 Å². The summed E-state index contributed by atoms with van der Waals surface area (Å²) in [5.41, 5.74) is 0.999. The molecule has 0 radical (unpaired) electrons. The largest absolute Gasteiger partial charge is 0.493 e. The van der Waals surface area contributed by atoms with Gasteiger partial charge in [-0.1, -0.05) is 0 Å². The minimum absolute atomic E-state index is 0.401. The van der Waals surface area contributed by atoms with Crippen molar-refractivity contribution in [1.29, 1.82) is 0 Å². The third kappa shape index (κ3) is 3.59. The van der Waals surface area contributed by atoms with Crippen molar-refractivity contribution in [2.75, 3.05) is 19.7 Å². The lowest BCUT2D eigenvalue weighted by Crippen LogP contribution is -2.38. The number of rotatable bonds is 5. The molecule has 5 nitrogen and oxygen atoms in total. The van der Waals surface area contributed by atoms with Crippen molar-refractivity contribution < 1.29 is 13.2 Å². The van der Waals surface area contributed by atoms with E-state index in [9.17, 15) is 8.42 Å². The highest BCUT2D eigenvalue weighted by Crippen LogP contribution is 2.31. The summed E-state index contributed by atoms with van der Waals surface area (Å²) in [4.78, 5) is 4.73. The van der Waals surface area contributed by atoms with Crippen molar-refractivity contribution in [3.63, 3.8) is 0 Å². The van der Waals surface area contributed by atoms with Crippen LogP contribution in [-0.4, -0.2) is 37.4 Å². The van der Waals surface area contributed by atoms with Gasteiger partial charge in [0.05, 0.1) is 16.5 Å². The molecule has 2 aliphatic heterocycles. The fourth-order valence-electron chi connectivity index (χ4n) is 3.61. The zero-order valence-corrected chi connectivity index (χ0v) is 15.7. The average molecular weight is 379 g/mol. The molecule has 134 valence electrons. The van der Waals surface area contributed by atoms with Crippen LogP contribution in [0.3, 0.4) is 0 Å². The van der Waals surface area contributed by atoms with E-state index in [1.54, 1.807) is 33.8 Å². The maximum Gasteiger partial charge on any atom is 0.243 e. The molecule has 0 unspecified atom stereocenters. The van der Waals surface area contributed by atoms with Gasteiger partial charge in [-0.15, -0.1) is 11.3 Å². The molecule has 7 heteroatoms. The Balaban J connectivity index is 1.38. The van der Waals surface area contributed by atoms with E-state index < -0.39 is 10.0 Å². The average Bonchev–Trinajstić information content (AvgIpc) is 3.31. The van der Waals surface area contributed by atoms with Crippen molar-refractivity contribution in [3.05, 3.63) is 40.3 Å². The Morgan fingerprint density at radius 3 is 2.88 bits per heavy atom. The summed E-state index contributed by atoms with van der Waals surface area (Å²) in [6.07, 6.45) is 6.59. The van der Waals surface area contributed by atoms with Gasteiger partial charge in [0.25, 0.3) is 0 Å². The first-order valence-corrected chi connectivity index (χ1v) is 11.1. The Hall–Kier alpha value is -1.44. The molecule has 2 aliphatic rings. The highest BCUT2D eigenvalue weighted by molar-refractivity contribution is 7.89. The van der Waals surface area contributed by atoms with Crippen LogP contribution in [0.5, 0.6) is 5.75 Å². The lowest BCUT2D eigenvalue weighted by Gasteiger charge is -2.31. The maximum absolute atomic E-state index is 12.9. The molecule has 0 aliphatic carbocycles. The van der Waals surface area contributed by atoms with Gasteiger partial charge in [-0.2, -0.15) is 4.31 Å². The van der Waals surface area contributed by atoms with E-state index in [1.807, 2.05) is 11.6 Å². The highest BCUT2D eigenvalue weighted by atomic mass is 32.2. The van der Waals surface area contributed by atoms with Crippen molar-refractivity contribution in [2.24, 2.45) is 5.92 Å². The fourth-order valence-corrected chi connectivity index (χ4v) is 5.77. The lowest BCUT2D eigenvalue weighted by molar-refractivity contribution is 0.263. The van der Waals surface area contributed by atoms with Crippen LogP contribution >= 0.6 is 11.3 Å². The number of thiazole rings is 1. The van der Waals surface area contributed by atoms with Crippen LogP contribution in [0.1, 0.15) is 29.8 Å². The molecule has 0 bridgehead atoms. The minimum Gasteiger partial charge on any atom is -0.493 e. The first-order chi connectivity index (χ1) is 12.1. The number of benzene rings is 1. The van der Waals surface area contributed by atoms with E-state index in [1.165, 1.54) is 5.01 Å². The molecule has 0 spiro atoms. The molecular formula is C18H22N2O3S2. The number of fused-ring (bicyclic) bond motifs is 1. The minimum atomic E-state index is -3.40. The fraction of sp³-hybridized carbons (Fsp3) is 0.500. The molecule has 0 N–H and O–H groups in total. The number of hydrogen-bond donors (Lipinski definition) is 0. The van der Waals surface area contributed by atoms with Crippen LogP contribution in [0.25, 0.3) is 0 Å². The summed E-state index contributed by atoms with van der Waals surface area (Å²) in [5, 5.41) is 3.18. The van der Waals surface area contributed by atoms with Gasteiger partial charge in [0, 0.05) is 31.1 Å². The number of aryl methyl sites for hydroxylation is 1. The number of aromatic nitrogens is 1. The normalized spacial score (nSPS) is 18.9. The van der Waals surface area contributed by atoms with Gasteiger partial charge in [0.15, 0.2) is 0 Å². The summed E-state index contributed by atoms with van der Waals surface area (Å²) < 4.78 is 32.9. The molecule has 0 amide bonds. The number of nitrogens with zero attached hydrogens (tertiary/aromatic N) is 2. The van der Waals surface area contributed by atoms with E-state index >= 15 is 0 Å². The SMILES string of the molecule is O=S(=O)(c1ccc2c(c1)CCO2)N1CCC(CCc2nccs2)CC1. The number of sulfonamides is 1. The first-order valence-electron chi connectivity index (χ1n) is 8.77. The summed E-state index contributed by atoms with van der Waals surface area (Å²) in [5.74, 6) is 1.41. The molecule has 1 saturated heterocycles.